The minimum atomic E-state index is 0.334. The van der Waals surface area contributed by atoms with E-state index in [2.05, 4.69) is 167 Å². The minimum Gasteiger partial charge on any atom is -0.307 e. The number of pyridine rings is 1. The van der Waals surface area contributed by atoms with E-state index in [0.29, 0.717) is 5.92 Å². The van der Waals surface area contributed by atoms with E-state index >= 15 is 0 Å². The normalized spacial score (nSPS) is 14.7. The smallest absolute Gasteiger partial charge is 0.145 e. The van der Waals surface area contributed by atoms with E-state index in [1.165, 1.54) is 76.9 Å². The molecular weight excluding hydrogens is 619 g/mol. The van der Waals surface area contributed by atoms with Gasteiger partial charge in [-0.05, 0) is 106 Å². The molecule has 7 aromatic carbocycles. The van der Waals surface area contributed by atoms with Gasteiger partial charge < -0.3 is 4.57 Å². The van der Waals surface area contributed by atoms with Crippen molar-refractivity contribution in [2.75, 3.05) is 0 Å². The highest BCUT2D eigenvalue weighted by molar-refractivity contribution is 6.18. The summed E-state index contributed by atoms with van der Waals surface area (Å²) >= 11 is 0. The van der Waals surface area contributed by atoms with Gasteiger partial charge in [-0.1, -0.05) is 103 Å². The summed E-state index contributed by atoms with van der Waals surface area (Å²) in [7, 11) is 0. The van der Waals surface area contributed by atoms with E-state index in [1.54, 1.807) is 0 Å². The number of hydrogen-bond donors (Lipinski definition) is 0. The maximum Gasteiger partial charge on any atom is 0.145 e. The van der Waals surface area contributed by atoms with Crippen molar-refractivity contribution in [2.45, 2.75) is 18.8 Å². The minimum absolute atomic E-state index is 0.334. The van der Waals surface area contributed by atoms with E-state index < -0.39 is 0 Å². The molecule has 1 atom stereocenters. The van der Waals surface area contributed by atoms with Gasteiger partial charge in [0.05, 0.1) is 28.4 Å². The van der Waals surface area contributed by atoms with Crippen LogP contribution in [0.25, 0.3) is 88.1 Å². The van der Waals surface area contributed by atoms with Crippen LogP contribution in [0.2, 0.25) is 0 Å². The number of rotatable bonds is 2. The molecule has 3 nitrogen and oxygen atoms in total. The van der Waals surface area contributed by atoms with Crippen LogP contribution in [0.15, 0.2) is 158 Å². The van der Waals surface area contributed by atoms with E-state index in [1.807, 2.05) is 0 Å². The molecular formula is C48H31N3. The van der Waals surface area contributed by atoms with Crippen molar-refractivity contribution in [2.24, 2.45) is 0 Å². The first kappa shape index (κ1) is 27.4. The molecule has 0 saturated heterocycles. The summed E-state index contributed by atoms with van der Waals surface area (Å²) in [6, 6.07) is 56.1. The van der Waals surface area contributed by atoms with Gasteiger partial charge in [-0.25, -0.2) is 4.98 Å². The van der Waals surface area contributed by atoms with Gasteiger partial charge in [0, 0.05) is 38.7 Å². The lowest BCUT2D eigenvalue weighted by Gasteiger charge is -2.25. The van der Waals surface area contributed by atoms with Crippen molar-refractivity contribution in [3.05, 3.63) is 175 Å². The van der Waals surface area contributed by atoms with Crippen LogP contribution in [0.4, 0.5) is 0 Å². The quantitative estimate of drug-likeness (QED) is 0.183. The predicted octanol–water partition coefficient (Wildman–Crippen LogP) is 12.2. The molecule has 51 heavy (non-hydrogen) atoms. The Labute approximate surface area is 294 Å². The average molecular weight is 650 g/mol. The summed E-state index contributed by atoms with van der Waals surface area (Å²) in [6.45, 7) is 0. The van der Waals surface area contributed by atoms with Crippen LogP contribution in [0.1, 0.15) is 29.0 Å². The van der Waals surface area contributed by atoms with Gasteiger partial charge in [-0.2, -0.15) is 0 Å². The van der Waals surface area contributed by atoms with Gasteiger partial charge in [-0.3, -0.25) is 4.57 Å². The zero-order valence-corrected chi connectivity index (χ0v) is 27.8. The standard InChI is InChI=1S/C48H31N3/c1-2-14-31(15-3-1)51-45-21-11-9-19-37(45)43-26-32(28-49-48(43)51)50-44-20-10-8-18-36(44)42-27-40-34-17-7-6-16-33(34)35-22-23-38(40)46(47(42)50)41-25-30-13-5-4-12-29(30)24-39(35)41/h1-21,24-28,35H,22-23H2/t35-/m1/s1. The van der Waals surface area contributed by atoms with Gasteiger partial charge in [0.1, 0.15) is 5.65 Å². The maximum atomic E-state index is 5.29. The number of aromatic nitrogens is 3. The summed E-state index contributed by atoms with van der Waals surface area (Å²) < 4.78 is 4.81. The SMILES string of the molecule is c1ccc(-n2c3ccccc3c3cc(-n4c5ccccc5c5cc6c7c(c54)-c4cc5ccccc5cc4[C@H](CC7)c4ccccc4-6)cnc32)cc1. The molecule has 2 bridgehead atoms. The van der Waals surface area contributed by atoms with Crippen LogP contribution >= 0.6 is 0 Å². The third-order valence-electron chi connectivity index (χ3n) is 11.7. The van der Waals surface area contributed by atoms with Gasteiger partial charge in [0.15, 0.2) is 0 Å². The van der Waals surface area contributed by atoms with Gasteiger partial charge in [0.2, 0.25) is 0 Å². The highest BCUT2D eigenvalue weighted by Gasteiger charge is 2.34. The molecule has 3 heteroatoms. The topological polar surface area (TPSA) is 22.8 Å². The molecule has 0 radical (unpaired) electrons. The van der Waals surface area contributed by atoms with Gasteiger partial charge >= 0.3 is 0 Å². The van der Waals surface area contributed by atoms with Crippen molar-refractivity contribution in [3.63, 3.8) is 0 Å². The fourth-order valence-electron chi connectivity index (χ4n) is 9.59. The largest absolute Gasteiger partial charge is 0.307 e. The van der Waals surface area contributed by atoms with Gasteiger partial charge in [0.25, 0.3) is 0 Å². The van der Waals surface area contributed by atoms with Crippen molar-refractivity contribution in [1.82, 2.24) is 14.1 Å². The lowest BCUT2D eigenvalue weighted by Crippen LogP contribution is -2.05. The Bertz CT molecular complexity index is 3090. The first-order chi connectivity index (χ1) is 25.3. The Morgan fingerprint density at radius 3 is 2.02 bits per heavy atom. The Morgan fingerprint density at radius 2 is 1.18 bits per heavy atom. The lowest BCUT2D eigenvalue weighted by molar-refractivity contribution is 0.737. The third kappa shape index (κ3) is 3.65. The fourth-order valence-corrected chi connectivity index (χ4v) is 9.59. The highest BCUT2D eigenvalue weighted by atomic mass is 15.1. The summed E-state index contributed by atoms with van der Waals surface area (Å²) in [5, 5.41) is 7.51. The Kier molecular flexibility index (Phi) is 5.40. The third-order valence-corrected chi connectivity index (χ3v) is 11.7. The Balaban J connectivity index is 1.25. The Morgan fingerprint density at radius 1 is 0.490 bits per heavy atom. The molecule has 0 unspecified atom stereocenters. The Hall–Kier alpha value is -6.45. The van der Waals surface area contributed by atoms with E-state index in [9.17, 15) is 0 Å². The second kappa shape index (κ2) is 10.1. The number of benzene rings is 7. The molecule has 12 rings (SSSR count). The number of fused-ring (bicyclic) bond motifs is 16. The molecule has 0 N–H and O–H groups in total. The second-order valence-corrected chi connectivity index (χ2v) is 14.2. The van der Waals surface area contributed by atoms with Crippen LogP contribution in [0.5, 0.6) is 0 Å². The van der Waals surface area contributed by atoms with Crippen LogP contribution in [0.3, 0.4) is 0 Å². The van der Waals surface area contributed by atoms with Crippen molar-refractivity contribution in [1.29, 1.82) is 0 Å². The van der Waals surface area contributed by atoms with E-state index in [-0.39, 0.29) is 0 Å². The monoisotopic (exact) mass is 649 g/mol. The zero-order valence-electron chi connectivity index (χ0n) is 27.8. The van der Waals surface area contributed by atoms with Gasteiger partial charge in [-0.15, -0.1) is 0 Å². The molecule has 3 aromatic heterocycles. The summed E-state index contributed by atoms with van der Waals surface area (Å²) in [6.07, 6.45) is 4.23. The molecule has 0 amide bonds. The number of para-hydroxylation sites is 3. The first-order valence-electron chi connectivity index (χ1n) is 18.0. The summed E-state index contributed by atoms with van der Waals surface area (Å²) in [4.78, 5) is 5.29. The van der Waals surface area contributed by atoms with Crippen LogP contribution in [0, 0.1) is 0 Å². The molecule has 0 saturated carbocycles. The van der Waals surface area contributed by atoms with Crippen LogP contribution < -0.4 is 0 Å². The number of nitrogens with zero attached hydrogens (tertiary/aromatic N) is 3. The van der Waals surface area contributed by atoms with E-state index in [4.69, 9.17) is 4.98 Å². The predicted molar refractivity (Wildman–Crippen MR) is 211 cm³/mol. The first-order valence-corrected chi connectivity index (χ1v) is 18.0. The lowest BCUT2D eigenvalue weighted by atomic mass is 9.79. The highest BCUT2D eigenvalue weighted by Crippen LogP contribution is 2.54. The molecule has 2 aliphatic rings. The second-order valence-electron chi connectivity index (χ2n) is 14.2. The molecule has 0 aliphatic heterocycles. The molecule has 2 aliphatic carbocycles. The average Bonchev–Trinajstić information content (AvgIpc) is 3.57. The molecule has 10 aromatic rings. The summed E-state index contributed by atoms with van der Waals surface area (Å²) in [5.41, 5.74) is 16.7. The molecule has 238 valence electrons. The molecule has 3 heterocycles. The summed E-state index contributed by atoms with van der Waals surface area (Å²) in [5.74, 6) is 0.334. The van der Waals surface area contributed by atoms with Crippen molar-refractivity contribution < 1.29 is 0 Å². The zero-order chi connectivity index (χ0) is 33.2. The van der Waals surface area contributed by atoms with Crippen molar-refractivity contribution in [3.8, 4) is 33.6 Å². The van der Waals surface area contributed by atoms with Crippen LogP contribution in [-0.4, -0.2) is 14.1 Å². The number of hydrogen-bond acceptors (Lipinski definition) is 1. The molecule has 0 fully saturated rings. The van der Waals surface area contributed by atoms with Crippen LogP contribution in [-0.2, 0) is 6.42 Å². The van der Waals surface area contributed by atoms with Crippen molar-refractivity contribution >= 4 is 54.5 Å². The fraction of sp³-hybridized carbons (Fsp3) is 0.0625. The molecule has 0 spiro atoms. The maximum absolute atomic E-state index is 5.29. The van der Waals surface area contributed by atoms with E-state index in [0.717, 1.165) is 40.8 Å².